The van der Waals surface area contributed by atoms with Crippen molar-refractivity contribution in [3.8, 4) is 11.5 Å². The zero-order chi connectivity index (χ0) is 18.7. The molecule has 3 aromatic rings. The minimum atomic E-state index is -0.871. The van der Waals surface area contributed by atoms with Crippen LogP contribution in [0.3, 0.4) is 0 Å². The number of nitrogens with two attached hydrogens (primary N) is 1. The summed E-state index contributed by atoms with van der Waals surface area (Å²) in [4.78, 5) is 34.8. The van der Waals surface area contributed by atoms with Gasteiger partial charge in [-0.1, -0.05) is 12.1 Å². The van der Waals surface area contributed by atoms with Crippen LogP contribution in [0.4, 0.5) is 0 Å². The van der Waals surface area contributed by atoms with Crippen LogP contribution in [-0.4, -0.2) is 18.5 Å². The highest BCUT2D eigenvalue weighted by atomic mass is 16.6. The van der Waals surface area contributed by atoms with Crippen LogP contribution in [0.2, 0.25) is 0 Å². The average molecular weight is 353 g/mol. The zero-order valence-electron chi connectivity index (χ0n) is 13.9. The highest BCUT2D eigenvalue weighted by molar-refractivity contribution is 5.95. The number of hydrogen-bond donors (Lipinski definition) is 1. The van der Waals surface area contributed by atoms with Gasteiger partial charge in [0.25, 0.3) is 5.91 Å². The van der Waals surface area contributed by atoms with Gasteiger partial charge in [-0.15, -0.1) is 0 Å². The molecule has 1 amide bonds. The Hall–Kier alpha value is -3.61. The number of fused-ring (bicyclic) bond motifs is 1. The van der Waals surface area contributed by atoms with Crippen molar-refractivity contribution in [1.82, 2.24) is 0 Å². The lowest BCUT2D eigenvalue weighted by Gasteiger charge is -2.08. The number of primary amides is 1. The number of rotatable bonds is 5. The lowest BCUT2D eigenvalue weighted by Crippen LogP contribution is -2.20. The molecule has 26 heavy (non-hydrogen) atoms. The number of aryl methyl sites for hydroxylation is 1. The standard InChI is InChI=1S/C19H15NO6/c1-11-3-2-4-13(7-11)24-10-17(21)25-14-6-5-12-8-15(18(20)22)19(23)26-16(12)9-14/h2-9H,10H2,1H3,(H2,20,22). The van der Waals surface area contributed by atoms with Crippen molar-refractivity contribution in [2.24, 2.45) is 5.73 Å². The maximum Gasteiger partial charge on any atom is 0.349 e. The topological polar surface area (TPSA) is 109 Å². The number of carbonyl (C=O) groups is 2. The third-order valence-electron chi connectivity index (χ3n) is 3.55. The Morgan fingerprint density at radius 2 is 1.88 bits per heavy atom. The van der Waals surface area contributed by atoms with Crippen LogP contribution < -0.4 is 20.8 Å². The molecule has 7 heteroatoms. The molecule has 0 bridgehead atoms. The minimum absolute atomic E-state index is 0.171. The van der Waals surface area contributed by atoms with Crippen LogP contribution in [0, 0.1) is 6.92 Å². The van der Waals surface area contributed by atoms with Gasteiger partial charge >= 0.3 is 11.6 Å². The summed E-state index contributed by atoms with van der Waals surface area (Å²) >= 11 is 0. The molecule has 2 aromatic carbocycles. The van der Waals surface area contributed by atoms with Crippen molar-refractivity contribution in [2.45, 2.75) is 6.92 Å². The fraction of sp³-hybridized carbons (Fsp3) is 0.105. The van der Waals surface area contributed by atoms with Crippen molar-refractivity contribution in [3.05, 3.63) is 70.1 Å². The number of carbonyl (C=O) groups excluding carboxylic acids is 2. The highest BCUT2D eigenvalue weighted by Crippen LogP contribution is 2.21. The van der Waals surface area contributed by atoms with Crippen LogP contribution in [-0.2, 0) is 4.79 Å². The molecular weight excluding hydrogens is 338 g/mol. The normalized spacial score (nSPS) is 10.5. The molecule has 1 aromatic heterocycles. The van der Waals surface area contributed by atoms with E-state index in [2.05, 4.69) is 0 Å². The largest absolute Gasteiger partial charge is 0.482 e. The Bertz CT molecular complexity index is 1050. The monoisotopic (exact) mass is 353 g/mol. The third-order valence-corrected chi connectivity index (χ3v) is 3.55. The van der Waals surface area contributed by atoms with Crippen molar-refractivity contribution < 1.29 is 23.5 Å². The van der Waals surface area contributed by atoms with Crippen LogP contribution in [0.25, 0.3) is 11.0 Å². The van der Waals surface area contributed by atoms with Crippen LogP contribution in [0.5, 0.6) is 11.5 Å². The van der Waals surface area contributed by atoms with Crippen molar-refractivity contribution in [1.29, 1.82) is 0 Å². The fourth-order valence-corrected chi connectivity index (χ4v) is 2.34. The van der Waals surface area contributed by atoms with E-state index in [0.717, 1.165) is 5.56 Å². The molecule has 0 spiro atoms. The van der Waals surface area contributed by atoms with Gasteiger partial charge in [-0.25, -0.2) is 9.59 Å². The van der Waals surface area contributed by atoms with Gasteiger partial charge in [0.1, 0.15) is 22.6 Å². The zero-order valence-corrected chi connectivity index (χ0v) is 13.9. The van der Waals surface area contributed by atoms with E-state index in [-0.39, 0.29) is 23.5 Å². The average Bonchev–Trinajstić information content (AvgIpc) is 2.59. The van der Waals surface area contributed by atoms with Gasteiger partial charge in [0.05, 0.1) is 0 Å². The molecule has 0 aliphatic carbocycles. The summed E-state index contributed by atoms with van der Waals surface area (Å²) in [5.74, 6) is -0.734. The molecule has 0 aliphatic heterocycles. The summed E-state index contributed by atoms with van der Waals surface area (Å²) < 4.78 is 15.6. The third kappa shape index (κ3) is 3.89. The molecule has 2 N–H and O–H groups in total. The molecule has 0 atom stereocenters. The van der Waals surface area contributed by atoms with E-state index in [0.29, 0.717) is 11.1 Å². The Labute approximate surface area is 147 Å². The van der Waals surface area contributed by atoms with Crippen molar-refractivity contribution >= 4 is 22.8 Å². The van der Waals surface area contributed by atoms with E-state index in [4.69, 9.17) is 19.6 Å². The molecule has 0 radical (unpaired) electrons. The molecule has 0 aliphatic rings. The molecule has 0 unspecified atom stereocenters. The van der Waals surface area contributed by atoms with Gasteiger partial charge in [-0.3, -0.25) is 4.79 Å². The second-order valence-electron chi connectivity index (χ2n) is 5.59. The Kier molecular flexibility index (Phi) is 4.70. The minimum Gasteiger partial charge on any atom is -0.482 e. The first-order valence-corrected chi connectivity index (χ1v) is 7.70. The summed E-state index contributed by atoms with van der Waals surface area (Å²) in [6, 6.07) is 13.0. The van der Waals surface area contributed by atoms with Gasteiger partial charge in [-0.2, -0.15) is 0 Å². The first-order chi connectivity index (χ1) is 12.4. The summed E-state index contributed by atoms with van der Waals surface area (Å²) in [5.41, 5.74) is 5.20. The Morgan fingerprint density at radius 1 is 1.08 bits per heavy atom. The Morgan fingerprint density at radius 3 is 2.62 bits per heavy atom. The van der Waals surface area contributed by atoms with Crippen molar-refractivity contribution in [3.63, 3.8) is 0 Å². The van der Waals surface area contributed by atoms with Gasteiger partial charge in [0.15, 0.2) is 6.61 Å². The summed E-state index contributed by atoms with van der Waals surface area (Å²) in [6.07, 6.45) is 0. The smallest absolute Gasteiger partial charge is 0.349 e. The van der Waals surface area contributed by atoms with Gasteiger partial charge in [-0.05, 0) is 42.8 Å². The number of hydrogen-bond acceptors (Lipinski definition) is 6. The van der Waals surface area contributed by atoms with Gasteiger partial charge < -0.3 is 19.6 Å². The van der Waals surface area contributed by atoms with E-state index in [9.17, 15) is 14.4 Å². The lowest BCUT2D eigenvalue weighted by molar-refractivity contribution is -0.136. The summed E-state index contributed by atoms with van der Waals surface area (Å²) in [7, 11) is 0. The molecule has 7 nitrogen and oxygen atoms in total. The predicted octanol–water partition coefficient (Wildman–Crippen LogP) is 2.18. The second kappa shape index (κ2) is 7.10. The van der Waals surface area contributed by atoms with E-state index >= 15 is 0 Å². The van der Waals surface area contributed by atoms with E-state index in [1.54, 1.807) is 18.2 Å². The molecule has 132 valence electrons. The quantitative estimate of drug-likeness (QED) is 0.428. The number of amides is 1. The van der Waals surface area contributed by atoms with Gasteiger partial charge in [0, 0.05) is 11.5 Å². The molecule has 0 saturated heterocycles. The number of esters is 1. The molecular formula is C19H15NO6. The maximum atomic E-state index is 11.9. The van der Waals surface area contributed by atoms with Gasteiger partial charge in [0.2, 0.25) is 0 Å². The van der Waals surface area contributed by atoms with E-state index in [1.807, 2.05) is 19.1 Å². The summed E-state index contributed by atoms with van der Waals surface area (Å²) in [5, 5.41) is 0.481. The van der Waals surface area contributed by atoms with Crippen molar-refractivity contribution in [2.75, 3.05) is 6.61 Å². The lowest BCUT2D eigenvalue weighted by atomic mass is 10.2. The van der Waals surface area contributed by atoms with E-state index < -0.39 is 17.5 Å². The first kappa shape index (κ1) is 17.2. The van der Waals surface area contributed by atoms with E-state index in [1.165, 1.54) is 18.2 Å². The van der Waals surface area contributed by atoms with Crippen LogP contribution >= 0.6 is 0 Å². The van der Waals surface area contributed by atoms with Crippen LogP contribution in [0.15, 0.2) is 57.7 Å². The number of ether oxygens (including phenoxy) is 2. The molecule has 0 fully saturated rings. The van der Waals surface area contributed by atoms with Crippen LogP contribution in [0.1, 0.15) is 15.9 Å². The Balaban J connectivity index is 1.72. The SMILES string of the molecule is Cc1cccc(OCC(=O)Oc2ccc3cc(C(N)=O)c(=O)oc3c2)c1. The number of benzene rings is 2. The first-order valence-electron chi connectivity index (χ1n) is 7.70. The molecule has 0 saturated carbocycles. The highest BCUT2D eigenvalue weighted by Gasteiger charge is 2.12. The predicted molar refractivity (Wildman–Crippen MR) is 93.3 cm³/mol. The second-order valence-corrected chi connectivity index (χ2v) is 5.59. The summed E-state index contributed by atoms with van der Waals surface area (Å²) in [6.45, 7) is 1.64. The fourth-order valence-electron chi connectivity index (χ4n) is 2.34. The maximum absolute atomic E-state index is 11.9. The molecule has 3 rings (SSSR count). The molecule has 1 heterocycles.